The minimum atomic E-state index is -3.65. The van der Waals surface area contributed by atoms with Gasteiger partial charge in [-0.1, -0.05) is 19.9 Å². The maximum absolute atomic E-state index is 13.1. The molecule has 0 fully saturated rings. The number of rotatable bonds is 8. The van der Waals surface area contributed by atoms with Crippen LogP contribution in [-0.4, -0.2) is 55.8 Å². The molecule has 30 heavy (non-hydrogen) atoms. The third kappa shape index (κ3) is 4.65. The standard InChI is InChI=1S/C22H31N3O4S/c1-8-25(9-2)30(27,28)18-11-10-15(3)19(12-18)22(26)24(6)14-20-17(5)21(29-7)16(4)13-23-20/h10-13H,8-9,14H2,1-7H3. The molecule has 1 amide bonds. The largest absolute Gasteiger partial charge is 0.496 e. The molecule has 164 valence electrons. The number of carbonyl (C=O) groups is 1. The molecule has 0 saturated heterocycles. The van der Waals surface area contributed by atoms with Crippen molar-refractivity contribution in [2.75, 3.05) is 27.2 Å². The Labute approximate surface area is 179 Å². The van der Waals surface area contributed by atoms with Gasteiger partial charge < -0.3 is 9.64 Å². The van der Waals surface area contributed by atoms with Gasteiger partial charge in [0.05, 0.1) is 24.2 Å². The molecule has 1 aromatic heterocycles. The fraction of sp³-hybridized carbons (Fsp3) is 0.455. The van der Waals surface area contributed by atoms with E-state index in [1.165, 1.54) is 10.4 Å². The predicted molar refractivity (Wildman–Crippen MR) is 117 cm³/mol. The second-order valence-electron chi connectivity index (χ2n) is 7.27. The molecule has 1 aromatic carbocycles. The fourth-order valence-electron chi connectivity index (χ4n) is 3.44. The van der Waals surface area contributed by atoms with Crippen LogP contribution in [0.1, 0.15) is 46.6 Å². The van der Waals surface area contributed by atoms with Crippen molar-refractivity contribution in [2.24, 2.45) is 0 Å². The van der Waals surface area contributed by atoms with Crippen molar-refractivity contribution in [3.05, 3.63) is 52.3 Å². The van der Waals surface area contributed by atoms with Gasteiger partial charge in [-0.05, 0) is 38.5 Å². The molecule has 2 rings (SSSR count). The van der Waals surface area contributed by atoms with Crippen LogP contribution in [0.3, 0.4) is 0 Å². The van der Waals surface area contributed by atoms with Crippen LogP contribution in [0.25, 0.3) is 0 Å². The summed E-state index contributed by atoms with van der Waals surface area (Å²) >= 11 is 0. The molecule has 0 saturated carbocycles. The average molecular weight is 434 g/mol. The number of hydrogen-bond acceptors (Lipinski definition) is 5. The maximum Gasteiger partial charge on any atom is 0.254 e. The van der Waals surface area contributed by atoms with Gasteiger partial charge in [-0.2, -0.15) is 4.31 Å². The number of sulfonamides is 1. The Morgan fingerprint density at radius 2 is 1.73 bits per heavy atom. The lowest BCUT2D eigenvalue weighted by Crippen LogP contribution is -2.31. The van der Waals surface area contributed by atoms with Crippen molar-refractivity contribution < 1.29 is 17.9 Å². The van der Waals surface area contributed by atoms with Crippen LogP contribution < -0.4 is 4.74 Å². The first-order valence-corrected chi connectivity index (χ1v) is 11.4. The molecule has 0 unspecified atom stereocenters. The lowest BCUT2D eigenvalue weighted by molar-refractivity contribution is 0.0782. The van der Waals surface area contributed by atoms with E-state index in [4.69, 9.17) is 4.74 Å². The number of nitrogens with zero attached hydrogens (tertiary/aromatic N) is 3. The van der Waals surface area contributed by atoms with Crippen LogP contribution in [0.2, 0.25) is 0 Å². The van der Waals surface area contributed by atoms with Crippen molar-refractivity contribution in [3.8, 4) is 5.75 Å². The van der Waals surface area contributed by atoms with Crippen molar-refractivity contribution >= 4 is 15.9 Å². The Morgan fingerprint density at radius 3 is 2.30 bits per heavy atom. The SMILES string of the molecule is CCN(CC)S(=O)(=O)c1ccc(C)c(C(=O)N(C)Cc2ncc(C)c(OC)c2C)c1. The molecule has 0 atom stereocenters. The Hall–Kier alpha value is -2.45. The molecule has 0 aliphatic heterocycles. The van der Waals surface area contributed by atoms with Gasteiger partial charge >= 0.3 is 0 Å². The molecule has 0 radical (unpaired) electrons. The van der Waals surface area contributed by atoms with E-state index in [9.17, 15) is 13.2 Å². The Bertz CT molecular complexity index is 1030. The number of hydrogen-bond donors (Lipinski definition) is 0. The summed E-state index contributed by atoms with van der Waals surface area (Å²) in [5.74, 6) is 0.495. The zero-order chi connectivity index (χ0) is 22.6. The van der Waals surface area contributed by atoms with Crippen molar-refractivity contribution in [2.45, 2.75) is 46.1 Å². The van der Waals surface area contributed by atoms with E-state index in [2.05, 4.69) is 4.98 Å². The van der Waals surface area contributed by atoms with Crippen LogP contribution in [-0.2, 0) is 16.6 Å². The molecule has 0 aliphatic carbocycles. The van der Waals surface area contributed by atoms with Crippen LogP contribution >= 0.6 is 0 Å². The minimum absolute atomic E-state index is 0.125. The highest BCUT2D eigenvalue weighted by Gasteiger charge is 2.25. The van der Waals surface area contributed by atoms with Crippen molar-refractivity contribution in [1.29, 1.82) is 0 Å². The van der Waals surface area contributed by atoms with Gasteiger partial charge in [-0.3, -0.25) is 9.78 Å². The Balaban J connectivity index is 2.37. The number of amides is 1. The fourth-order valence-corrected chi connectivity index (χ4v) is 4.92. The summed E-state index contributed by atoms with van der Waals surface area (Å²) in [6.45, 7) is 10.2. The van der Waals surface area contributed by atoms with Crippen LogP contribution in [0.4, 0.5) is 0 Å². The average Bonchev–Trinajstić information content (AvgIpc) is 2.70. The lowest BCUT2D eigenvalue weighted by atomic mass is 10.1. The third-order valence-electron chi connectivity index (χ3n) is 5.27. The molecular formula is C22H31N3O4S. The number of ether oxygens (including phenoxy) is 1. The van der Waals surface area contributed by atoms with E-state index in [1.54, 1.807) is 58.2 Å². The smallest absolute Gasteiger partial charge is 0.254 e. The van der Waals surface area contributed by atoms with Gasteiger partial charge in [0, 0.05) is 43.0 Å². The first kappa shape index (κ1) is 23.8. The van der Waals surface area contributed by atoms with Gasteiger partial charge in [0.25, 0.3) is 5.91 Å². The van der Waals surface area contributed by atoms with Crippen LogP contribution in [0, 0.1) is 20.8 Å². The first-order chi connectivity index (χ1) is 14.1. The zero-order valence-electron chi connectivity index (χ0n) is 18.8. The highest BCUT2D eigenvalue weighted by atomic mass is 32.2. The molecule has 1 heterocycles. The minimum Gasteiger partial charge on any atom is -0.496 e. The summed E-state index contributed by atoms with van der Waals surface area (Å²) < 4.78 is 32.6. The normalized spacial score (nSPS) is 11.6. The Kier molecular flexibility index (Phi) is 7.60. The molecular weight excluding hydrogens is 402 g/mol. The second kappa shape index (κ2) is 9.57. The zero-order valence-corrected chi connectivity index (χ0v) is 19.6. The highest BCUT2D eigenvalue weighted by molar-refractivity contribution is 7.89. The molecule has 0 spiro atoms. The Morgan fingerprint density at radius 1 is 1.10 bits per heavy atom. The second-order valence-corrected chi connectivity index (χ2v) is 9.21. The van der Waals surface area contributed by atoms with E-state index in [1.807, 2.05) is 13.8 Å². The summed E-state index contributed by atoms with van der Waals surface area (Å²) in [5, 5.41) is 0. The van der Waals surface area contributed by atoms with Crippen molar-refractivity contribution in [3.63, 3.8) is 0 Å². The predicted octanol–water partition coefficient (Wildman–Crippen LogP) is 3.32. The van der Waals surface area contributed by atoms with E-state index in [-0.39, 0.29) is 17.3 Å². The summed E-state index contributed by atoms with van der Waals surface area (Å²) in [5.41, 5.74) is 3.63. The van der Waals surface area contributed by atoms with Gasteiger partial charge in [-0.25, -0.2) is 8.42 Å². The van der Waals surface area contributed by atoms with E-state index < -0.39 is 10.0 Å². The number of methoxy groups -OCH3 is 1. The van der Waals surface area contributed by atoms with E-state index in [0.717, 1.165) is 28.1 Å². The summed E-state index contributed by atoms with van der Waals surface area (Å²) in [6, 6.07) is 4.70. The maximum atomic E-state index is 13.1. The number of benzene rings is 1. The summed E-state index contributed by atoms with van der Waals surface area (Å²) in [6.07, 6.45) is 1.72. The van der Waals surface area contributed by atoms with Crippen LogP contribution in [0.5, 0.6) is 5.75 Å². The number of aryl methyl sites for hydroxylation is 2. The highest BCUT2D eigenvalue weighted by Crippen LogP contribution is 2.25. The van der Waals surface area contributed by atoms with Gasteiger partial charge in [0.15, 0.2) is 0 Å². The van der Waals surface area contributed by atoms with E-state index in [0.29, 0.717) is 18.7 Å². The van der Waals surface area contributed by atoms with Crippen molar-refractivity contribution in [1.82, 2.24) is 14.2 Å². The van der Waals surface area contributed by atoms with Gasteiger partial charge in [0.1, 0.15) is 5.75 Å². The third-order valence-corrected chi connectivity index (χ3v) is 7.31. The summed E-state index contributed by atoms with van der Waals surface area (Å²) in [4.78, 5) is 19.3. The van der Waals surface area contributed by atoms with E-state index >= 15 is 0 Å². The molecule has 8 heteroatoms. The summed E-state index contributed by atoms with van der Waals surface area (Å²) in [7, 11) is -0.354. The monoisotopic (exact) mass is 433 g/mol. The number of pyridine rings is 1. The molecule has 0 N–H and O–H groups in total. The molecule has 0 bridgehead atoms. The number of carbonyl (C=O) groups excluding carboxylic acids is 1. The molecule has 2 aromatic rings. The van der Waals surface area contributed by atoms with Gasteiger partial charge in [-0.15, -0.1) is 0 Å². The quantitative estimate of drug-likeness (QED) is 0.638. The van der Waals surface area contributed by atoms with Crippen LogP contribution in [0.15, 0.2) is 29.3 Å². The lowest BCUT2D eigenvalue weighted by Gasteiger charge is -2.22. The number of aromatic nitrogens is 1. The van der Waals surface area contributed by atoms with Gasteiger partial charge in [0.2, 0.25) is 10.0 Å². The topological polar surface area (TPSA) is 79.8 Å². The first-order valence-electron chi connectivity index (χ1n) is 9.93. The molecule has 7 nitrogen and oxygen atoms in total. The molecule has 0 aliphatic rings.